The fraction of sp³-hybridized carbons (Fsp3) is 0.217. The number of aromatic nitrogens is 1. The summed E-state index contributed by atoms with van der Waals surface area (Å²) in [5.41, 5.74) is 0.175. The van der Waals surface area contributed by atoms with Crippen molar-refractivity contribution in [1.29, 1.82) is 0 Å². The Balaban J connectivity index is 1.18. The zero-order valence-corrected chi connectivity index (χ0v) is 18.2. The van der Waals surface area contributed by atoms with Gasteiger partial charge in [-0.25, -0.2) is 18.6 Å². The molecule has 0 spiro atoms. The third-order valence-electron chi connectivity index (χ3n) is 5.68. The summed E-state index contributed by atoms with van der Waals surface area (Å²) in [6, 6.07) is 11.3. The number of urea groups is 1. The van der Waals surface area contributed by atoms with Gasteiger partial charge in [0.25, 0.3) is 0 Å². The molecule has 0 saturated heterocycles. The Morgan fingerprint density at radius 3 is 2.55 bits per heavy atom. The van der Waals surface area contributed by atoms with Crippen molar-refractivity contribution in [2.45, 2.75) is 16.9 Å². The van der Waals surface area contributed by atoms with Gasteiger partial charge >= 0.3 is 6.03 Å². The number of ether oxygens (including phenoxy) is 2. The van der Waals surface area contributed by atoms with E-state index in [1.807, 2.05) is 0 Å². The normalized spacial score (nSPS) is 21.2. The van der Waals surface area contributed by atoms with E-state index >= 15 is 0 Å². The van der Waals surface area contributed by atoms with E-state index in [0.29, 0.717) is 22.2 Å². The number of pyridine rings is 1. The Morgan fingerprint density at radius 2 is 1.85 bits per heavy atom. The predicted octanol–water partition coefficient (Wildman–Crippen LogP) is 4.19. The molecule has 4 atom stereocenters. The first-order chi connectivity index (χ1) is 15.9. The quantitative estimate of drug-likeness (QED) is 0.544. The topological polar surface area (TPSA) is 95.5 Å². The van der Waals surface area contributed by atoms with Gasteiger partial charge in [-0.1, -0.05) is 0 Å². The smallest absolute Gasteiger partial charge is 0.320 e. The highest BCUT2D eigenvalue weighted by atomic mass is 32.2. The second kappa shape index (κ2) is 8.53. The molecule has 0 bridgehead atoms. The molecular weight excluding hydrogens is 452 g/mol. The van der Waals surface area contributed by atoms with Gasteiger partial charge in [-0.2, -0.15) is 0 Å². The summed E-state index contributed by atoms with van der Waals surface area (Å²) in [7, 11) is 0. The minimum absolute atomic E-state index is 0.0733. The molecule has 1 fully saturated rings. The second-order valence-electron chi connectivity index (χ2n) is 7.80. The molecule has 33 heavy (non-hydrogen) atoms. The van der Waals surface area contributed by atoms with E-state index in [9.17, 15) is 18.1 Å². The monoisotopic (exact) mass is 471 g/mol. The maximum atomic E-state index is 14.2. The maximum Gasteiger partial charge on any atom is 0.320 e. The molecule has 2 N–H and O–H groups in total. The fourth-order valence-corrected chi connectivity index (χ4v) is 4.53. The van der Waals surface area contributed by atoms with Crippen LogP contribution >= 0.6 is 0 Å². The molecule has 3 aromatic rings. The van der Waals surface area contributed by atoms with E-state index in [1.54, 1.807) is 42.7 Å². The van der Waals surface area contributed by atoms with Crippen LogP contribution in [0, 0.1) is 17.6 Å². The van der Waals surface area contributed by atoms with Gasteiger partial charge in [0.2, 0.25) is 0 Å². The number of anilines is 1. The molecule has 2 aliphatic rings. The van der Waals surface area contributed by atoms with Crippen molar-refractivity contribution in [2.75, 3.05) is 18.2 Å². The lowest BCUT2D eigenvalue weighted by atomic mass is 10.0. The van der Waals surface area contributed by atoms with E-state index in [4.69, 9.17) is 9.47 Å². The van der Waals surface area contributed by atoms with Crippen molar-refractivity contribution >= 4 is 23.0 Å². The number of nitrogens with zero attached hydrogens (tertiary/aromatic N) is 1. The van der Waals surface area contributed by atoms with Crippen LogP contribution in [0.15, 0.2) is 59.6 Å². The van der Waals surface area contributed by atoms with Crippen LogP contribution in [0.25, 0.3) is 0 Å². The molecule has 1 saturated carbocycles. The molecule has 5 rings (SSSR count). The molecule has 0 radical (unpaired) electrons. The molecule has 1 aliphatic heterocycles. The first kappa shape index (κ1) is 21.5. The van der Waals surface area contributed by atoms with Crippen LogP contribution in [0.1, 0.15) is 11.5 Å². The van der Waals surface area contributed by atoms with Gasteiger partial charge in [-0.05, 0) is 59.7 Å². The highest BCUT2D eigenvalue weighted by molar-refractivity contribution is 7.90. The van der Waals surface area contributed by atoms with Crippen molar-refractivity contribution in [3.8, 4) is 17.2 Å². The summed E-state index contributed by atoms with van der Waals surface area (Å²) < 4.78 is 50.7. The first-order valence-electron chi connectivity index (χ1n) is 10.2. The van der Waals surface area contributed by atoms with Crippen LogP contribution < -0.4 is 20.1 Å². The largest absolute Gasteiger partial charge is 0.612 e. The number of nitrogens with one attached hydrogen (secondary N) is 2. The van der Waals surface area contributed by atoms with E-state index in [1.165, 1.54) is 6.20 Å². The third kappa shape index (κ3) is 4.31. The molecule has 2 amide bonds. The van der Waals surface area contributed by atoms with Crippen molar-refractivity contribution in [3.63, 3.8) is 0 Å². The van der Waals surface area contributed by atoms with Gasteiger partial charge in [0, 0.05) is 23.4 Å². The average Bonchev–Trinajstić information content (AvgIpc) is 3.50. The zero-order chi connectivity index (χ0) is 23.1. The van der Waals surface area contributed by atoms with Crippen LogP contribution in [0.4, 0.5) is 19.4 Å². The fourth-order valence-electron chi connectivity index (χ4n) is 4.01. The first-order valence-corrected chi connectivity index (χ1v) is 11.7. The lowest BCUT2D eigenvalue weighted by Crippen LogP contribution is -2.32. The summed E-state index contributed by atoms with van der Waals surface area (Å²) in [6.45, 7) is 0.211. The second-order valence-corrected chi connectivity index (χ2v) is 9.18. The van der Waals surface area contributed by atoms with Gasteiger partial charge in [0.1, 0.15) is 29.4 Å². The van der Waals surface area contributed by atoms with E-state index in [-0.39, 0.29) is 35.8 Å². The van der Waals surface area contributed by atoms with Crippen molar-refractivity contribution in [3.05, 3.63) is 71.9 Å². The predicted molar refractivity (Wildman–Crippen MR) is 117 cm³/mol. The molecule has 10 heteroatoms. The lowest BCUT2D eigenvalue weighted by Gasteiger charge is -2.16. The Morgan fingerprint density at radius 1 is 1.12 bits per heavy atom. The standard InChI is InChI=1S/C23H19F2N3O4S/c1-33(30)14-5-2-12(3-6-14)32-13-4-9-18(26-10-13)27-23(29)28-21-15-11-31-22-17(25)8-7-16(24)20(22)19(15)21/h2-10,15,19,21H,11H2,1H3,(H2,26,27,28,29)/t15-,19-,21?,33?/m1/s1. The average molecular weight is 471 g/mol. The molecule has 7 nitrogen and oxygen atoms in total. The Hall–Kier alpha value is -3.37. The number of hydrogen-bond donors (Lipinski definition) is 2. The highest BCUT2D eigenvalue weighted by Crippen LogP contribution is 2.55. The molecular formula is C23H19F2N3O4S. The van der Waals surface area contributed by atoms with E-state index in [0.717, 1.165) is 12.1 Å². The highest BCUT2D eigenvalue weighted by Gasteiger charge is 2.57. The van der Waals surface area contributed by atoms with Gasteiger partial charge in [0.05, 0.1) is 12.8 Å². The molecule has 2 unspecified atom stereocenters. The van der Waals surface area contributed by atoms with E-state index in [2.05, 4.69) is 15.6 Å². The van der Waals surface area contributed by atoms with Crippen molar-refractivity contribution < 1.29 is 27.6 Å². The van der Waals surface area contributed by atoms with Crippen molar-refractivity contribution in [1.82, 2.24) is 10.3 Å². The third-order valence-corrected chi connectivity index (χ3v) is 6.62. The van der Waals surface area contributed by atoms with Gasteiger partial charge in [-0.15, -0.1) is 0 Å². The van der Waals surface area contributed by atoms with Crippen molar-refractivity contribution in [2.24, 2.45) is 5.92 Å². The molecule has 1 aliphatic carbocycles. The van der Waals surface area contributed by atoms with Gasteiger partial charge in [-0.3, -0.25) is 5.32 Å². The molecule has 1 aromatic heterocycles. The number of halogens is 2. The molecule has 2 aromatic carbocycles. The SMILES string of the molecule is C[S+]([O-])c1ccc(Oc2ccc(NC(=O)NC3[C@H]4c5c(F)ccc(F)c5OC[C@@H]34)nc2)cc1. The van der Waals surface area contributed by atoms with Crippen LogP contribution in [-0.2, 0) is 11.2 Å². The minimum atomic E-state index is -1.06. The number of carbonyl (C=O) groups is 1. The van der Waals surface area contributed by atoms with Crippen LogP contribution in [0.2, 0.25) is 0 Å². The summed E-state index contributed by atoms with van der Waals surface area (Å²) in [5, 5.41) is 5.41. The Bertz CT molecular complexity index is 1190. The Labute approximate surface area is 191 Å². The van der Waals surface area contributed by atoms with Crippen LogP contribution in [0.3, 0.4) is 0 Å². The number of carbonyl (C=O) groups excluding carboxylic acids is 1. The number of amides is 2. The maximum absolute atomic E-state index is 14.2. The lowest BCUT2D eigenvalue weighted by molar-refractivity contribution is 0.247. The summed E-state index contributed by atoms with van der Waals surface area (Å²) in [4.78, 5) is 17.3. The summed E-state index contributed by atoms with van der Waals surface area (Å²) in [5.74, 6) is -0.332. The number of benzene rings is 2. The zero-order valence-electron chi connectivity index (χ0n) is 17.4. The van der Waals surface area contributed by atoms with Crippen LogP contribution in [0.5, 0.6) is 17.2 Å². The van der Waals surface area contributed by atoms with E-state index < -0.39 is 28.8 Å². The summed E-state index contributed by atoms with van der Waals surface area (Å²) in [6.07, 6.45) is 3.06. The number of fused-ring (bicyclic) bond motifs is 3. The minimum Gasteiger partial charge on any atom is -0.612 e. The van der Waals surface area contributed by atoms with Gasteiger partial charge in [0.15, 0.2) is 16.5 Å². The van der Waals surface area contributed by atoms with Gasteiger partial charge < -0.3 is 19.3 Å². The number of rotatable bonds is 5. The summed E-state index contributed by atoms with van der Waals surface area (Å²) >= 11 is -1.06. The Kier molecular flexibility index (Phi) is 5.55. The molecule has 2 heterocycles. The number of hydrogen-bond acceptors (Lipinski definition) is 5. The van der Waals surface area contributed by atoms with Crippen LogP contribution in [-0.4, -0.2) is 34.5 Å². The molecule has 170 valence electrons.